The molecule has 0 radical (unpaired) electrons. The van der Waals surface area contributed by atoms with E-state index in [1.54, 1.807) is 0 Å². The number of hydrogen-bond acceptors (Lipinski definition) is 2. The Morgan fingerprint density at radius 3 is 2.88 bits per heavy atom. The number of amides is 1. The van der Waals surface area contributed by atoms with Crippen LogP contribution in [0.3, 0.4) is 0 Å². The first-order valence-electron chi connectivity index (χ1n) is 6.75. The van der Waals surface area contributed by atoms with Crippen LogP contribution in [0.15, 0.2) is 0 Å². The number of carbonyl (C=O) groups excluding carboxylic acids is 1. The molecule has 0 aromatic rings. The summed E-state index contributed by atoms with van der Waals surface area (Å²) in [5.74, 6) is 0.211. The van der Waals surface area contributed by atoms with E-state index in [4.69, 9.17) is 0 Å². The maximum atomic E-state index is 11.0. The molecular weight excluding hydrogens is 200 g/mol. The Hall–Kier alpha value is -0.570. The molecule has 1 amide bonds. The van der Waals surface area contributed by atoms with Crippen LogP contribution in [0.4, 0.5) is 0 Å². The Morgan fingerprint density at radius 1 is 1.44 bits per heavy atom. The quantitative estimate of drug-likeness (QED) is 0.623. The van der Waals surface area contributed by atoms with E-state index in [0.29, 0.717) is 18.5 Å². The monoisotopic (exact) mass is 226 g/mol. The Bertz CT molecular complexity index is 206. The molecule has 0 spiro atoms. The van der Waals surface area contributed by atoms with Crippen LogP contribution in [-0.4, -0.2) is 24.5 Å². The summed E-state index contributed by atoms with van der Waals surface area (Å²) < 4.78 is 0. The summed E-state index contributed by atoms with van der Waals surface area (Å²) in [6.07, 6.45) is 8.27. The molecule has 3 nitrogen and oxygen atoms in total. The van der Waals surface area contributed by atoms with E-state index in [1.165, 1.54) is 32.1 Å². The average molecular weight is 226 g/mol. The highest BCUT2D eigenvalue weighted by molar-refractivity contribution is 5.78. The number of hydrogen-bond donors (Lipinski definition) is 2. The molecule has 3 heteroatoms. The topological polar surface area (TPSA) is 41.1 Å². The second-order valence-electron chi connectivity index (χ2n) is 4.96. The third kappa shape index (κ3) is 5.50. The first-order chi connectivity index (χ1) is 7.72. The first kappa shape index (κ1) is 13.5. The molecule has 1 rings (SSSR count). The number of nitrogens with one attached hydrogen (secondary N) is 2. The van der Waals surface area contributed by atoms with Gasteiger partial charge in [-0.3, -0.25) is 4.79 Å². The minimum Gasteiger partial charge on any atom is -0.352 e. The third-order valence-electron chi connectivity index (χ3n) is 3.29. The molecule has 1 heterocycles. The molecule has 0 aromatic carbocycles. The van der Waals surface area contributed by atoms with Crippen LogP contribution in [0, 0.1) is 0 Å². The lowest BCUT2D eigenvalue weighted by atomic mass is 10.1. The molecule has 1 saturated heterocycles. The lowest BCUT2D eigenvalue weighted by Crippen LogP contribution is -2.39. The minimum atomic E-state index is 0.211. The molecule has 2 N–H and O–H groups in total. The van der Waals surface area contributed by atoms with Crippen LogP contribution < -0.4 is 10.6 Å². The number of unbranched alkanes of at least 4 members (excludes halogenated alkanes) is 3. The minimum absolute atomic E-state index is 0.211. The average Bonchev–Trinajstić information content (AvgIpc) is 2.68. The Balaban J connectivity index is 1.97. The summed E-state index contributed by atoms with van der Waals surface area (Å²) in [5, 5.41) is 6.49. The van der Waals surface area contributed by atoms with Crippen molar-refractivity contribution >= 4 is 5.91 Å². The van der Waals surface area contributed by atoms with Gasteiger partial charge in [-0.2, -0.15) is 0 Å². The Kier molecular flexibility index (Phi) is 6.46. The maximum Gasteiger partial charge on any atom is 0.220 e. The Labute approximate surface area is 99.4 Å². The van der Waals surface area contributed by atoms with Gasteiger partial charge >= 0.3 is 0 Å². The van der Waals surface area contributed by atoms with Crippen molar-refractivity contribution < 1.29 is 4.79 Å². The van der Waals surface area contributed by atoms with Gasteiger partial charge in [0.25, 0.3) is 0 Å². The fraction of sp³-hybridized carbons (Fsp3) is 0.923. The molecule has 16 heavy (non-hydrogen) atoms. The molecule has 2 unspecified atom stereocenters. The predicted molar refractivity (Wildman–Crippen MR) is 67.4 cm³/mol. The lowest BCUT2D eigenvalue weighted by molar-refractivity contribution is -0.119. The van der Waals surface area contributed by atoms with Crippen LogP contribution in [0.5, 0.6) is 0 Å². The zero-order valence-corrected chi connectivity index (χ0v) is 10.7. The van der Waals surface area contributed by atoms with Crippen LogP contribution in [0.2, 0.25) is 0 Å². The summed E-state index contributed by atoms with van der Waals surface area (Å²) >= 11 is 0. The SMILES string of the molecule is CCCCCCC(C)NCC1CCC(=O)N1. The van der Waals surface area contributed by atoms with Crippen LogP contribution in [0.1, 0.15) is 58.8 Å². The van der Waals surface area contributed by atoms with Crippen molar-refractivity contribution in [2.75, 3.05) is 6.54 Å². The van der Waals surface area contributed by atoms with E-state index in [9.17, 15) is 4.79 Å². The van der Waals surface area contributed by atoms with Gasteiger partial charge in [-0.1, -0.05) is 32.6 Å². The van der Waals surface area contributed by atoms with Crippen LogP contribution in [-0.2, 0) is 4.79 Å². The fourth-order valence-corrected chi connectivity index (χ4v) is 2.15. The van der Waals surface area contributed by atoms with E-state index in [-0.39, 0.29) is 5.91 Å². The van der Waals surface area contributed by atoms with Crippen molar-refractivity contribution in [2.24, 2.45) is 0 Å². The molecular formula is C13H26N2O. The molecule has 1 aliphatic rings. The molecule has 2 atom stereocenters. The molecule has 94 valence electrons. The number of carbonyl (C=O) groups is 1. The normalized spacial score (nSPS) is 22.1. The molecule has 0 aliphatic carbocycles. The second-order valence-corrected chi connectivity index (χ2v) is 4.96. The largest absolute Gasteiger partial charge is 0.352 e. The van der Waals surface area contributed by atoms with Crippen molar-refractivity contribution in [3.63, 3.8) is 0 Å². The highest BCUT2D eigenvalue weighted by Gasteiger charge is 2.20. The van der Waals surface area contributed by atoms with E-state index in [1.807, 2.05) is 0 Å². The van der Waals surface area contributed by atoms with Crippen LogP contribution >= 0.6 is 0 Å². The summed E-state index contributed by atoms with van der Waals surface area (Å²) in [7, 11) is 0. The smallest absolute Gasteiger partial charge is 0.220 e. The summed E-state index contributed by atoms with van der Waals surface area (Å²) in [4.78, 5) is 11.0. The second kappa shape index (κ2) is 7.66. The van der Waals surface area contributed by atoms with Gasteiger partial charge in [0.2, 0.25) is 5.91 Å². The van der Waals surface area contributed by atoms with Gasteiger partial charge in [0.15, 0.2) is 0 Å². The van der Waals surface area contributed by atoms with Gasteiger partial charge in [0, 0.05) is 25.0 Å². The molecule has 1 fully saturated rings. The van der Waals surface area contributed by atoms with Crippen LogP contribution in [0.25, 0.3) is 0 Å². The van der Waals surface area contributed by atoms with Crippen molar-refractivity contribution in [1.82, 2.24) is 10.6 Å². The van der Waals surface area contributed by atoms with Gasteiger partial charge in [-0.05, 0) is 19.8 Å². The van der Waals surface area contributed by atoms with E-state index in [0.717, 1.165) is 13.0 Å². The van der Waals surface area contributed by atoms with E-state index >= 15 is 0 Å². The van der Waals surface area contributed by atoms with Gasteiger partial charge < -0.3 is 10.6 Å². The van der Waals surface area contributed by atoms with Gasteiger partial charge in [0.1, 0.15) is 0 Å². The maximum absolute atomic E-state index is 11.0. The number of rotatable bonds is 8. The zero-order valence-electron chi connectivity index (χ0n) is 10.7. The van der Waals surface area contributed by atoms with Gasteiger partial charge in [0.05, 0.1) is 0 Å². The van der Waals surface area contributed by atoms with E-state index < -0.39 is 0 Å². The third-order valence-corrected chi connectivity index (χ3v) is 3.29. The van der Waals surface area contributed by atoms with Crippen molar-refractivity contribution in [3.8, 4) is 0 Å². The standard InChI is InChI=1S/C13H26N2O/c1-3-4-5-6-7-11(2)14-10-12-8-9-13(16)15-12/h11-12,14H,3-10H2,1-2H3,(H,15,16). The molecule has 0 bridgehead atoms. The highest BCUT2D eigenvalue weighted by Crippen LogP contribution is 2.07. The van der Waals surface area contributed by atoms with Crippen molar-refractivity contribution in [2.45, 2.75) is 70.9 Å². The highest BCUT2D eigenvalue weighted by atomic mass is 16.1. The first-order valence-corrected chi connectivity index (χ1v) is 6.75. The van der Waals surface area contributed by atoms with Crippen molar-refractivity contribution in [1.29, 1.82) is 0 Å². The van der Waals surface area contributed by atoms with E-state index in [2.05, 4.69) is 24.5 Å². The molecule has 0 aromatic heterocycles. The summed E-state index contributed by atoms with van der Waals surface area (Å²) in [6.45, 7) is 5.41. The summed E-state index contributed by atoms with van der Waals surface area (Å²) in [6, 6.07) is 0.944. The summed E-state index contributed by atoms with van der Waals surface area (Å²) in [5.41, 5.74) is 0. The van der Waals surface area contributed by atoms with Gasteiger partial charge in [-0.15, -0.1) is 0 Å². The molecule has 0 saturated carbocycles. The van der Waals surface area contributed by atoms with Gasteiger partial charge in [-0.25, -0.2) is 0 Å². The zero-order chi connectivity index (χ0) is 11.8. The molecule has 1 aliphatic heterocycles. The fourth-order valence-electron chi connectivity index (χ4n) is 2.15. The predicted octanol–water partition coefficient (Wildman–Crippen LogP) is 2.21. The Morgan fingerprint density at radius 2 is 2.25 bits per heavy atom. The lowest BCUT2D eigenvalue weighted by Gasteiger charge is -2.17. The van der Waals surface area contributed by atoms with Crippen molar-refractivity contribution in [3.05, 3.63) is 0 Å².